The van der Waals surface area contributed by atoms with E-state index in [2.05, 4.69) is 5.32 Å². The van der Waals surface area contributed by atoms with Crippen molar-refractivity contribution in [1.82, 2.24) is 5.32 Å². The predicted molar refractivity (Wildman–Crippen MR) is 62.0 cm³/mol. The van der Waals surface area contributed by atoms with E-state index >= 15 is 0 Å². The van der Waals surface area contributed by atoms with Gasteiger partial charge in [0.1, 0.15) is 0 Å². The molecular weight excluding hydrogens is 216 g/mol. The number of nitrogens with one attached hydrogen (secondary N) is 1. The van der Waals surface area contributed by atoms with Gasteiger partial charge in [0.2, 0.25) is 5.91 Å². The van der Waals surface area contributed by atoms with Crippen LogP contribution in [0.1, 0.15) is 19.3 Å². The van der Waals surface area contributed by atoms with Crippen molar-refractivity contribution < 1.29 is 9.53 Å². The molecule has 0 aromatic rings. The topological polar surface area (TPSA) is 64.3 Å². The first kappa shape index (κ1) is 14.7. The van der Waals surface area contributed by atoms with Gasteiger partial charge in [-0.1, -0.05) is 6.42 Å². The largest absolute Gasteiger partial charge is 0.383 e. The molecule has 0 aliphatic heterocycles. The van der Waals surface area contributed by atoms with Gasteiger partial charge >= 0.3 is 0 Å². The highest BCUT2D eigenvalue weighted by molar-refractivity contribution is 5.85. The van der Waals surface area contributed by atoms with Gasteiger partial charge in [-0.15, -0.1) is 12.4 Å². The van der Waals surface area contributed by atoms with Crippen LogP contribution in [-0.2, 0) is 9.53 Å². The second-order valence-corrected chi connectivity index (χ2v) is 3.82. The molecular formula is C10H21ClN2O2. The van der Waals surface area contributed by atoms with Crippen molar-refractivity contribution in [3.63, 3.8) is 0 Å². The van der Waals surface area contributed by atoms with Crippen LogP contribution in [0.4, 0.5) is 0 Å². The SMILES string of the molecule is COCCNC(=O)[C@@H]1CCC[C@@H]1CN.Cl. The first-order chi connectivity index (χ1) is 6.79. The average Bonchev–Trinajstić information content (AvgIpc) is 2.65. The standard InChI is InChI=1S/C10H20N2O2.ClH/c1-14-6-5-12-10(13)9-4-2-3-8(9)7-11;/h8-9H,2-7,11H2,1H3,(H,12,13);1H/t8-,9-;/m1./s1. The van der Waals surface area contributed by atoms with E-state index in [1.54, 1.807) is 7.11 Å². The Labute approximate surface area is 97.3 Å². The second-order valence-electron chi connectivity index (χ2n) is 3.82. The molecule has 4 nitrogen and oxygen atoms in total. The summed E-state index contributed by atoms with van der Waals surface area (Å²) in [6.45, 7) is 1.80. The smallest absolute Gasteiger partial charge is 0.223 e. The van der Waals surface area contributed by atoms with Crippen LogP contribution < -0.4 is 11.1 Å². The number of nitrogens with two attached hydrogens (primary N) is 1. The number of hydrogen-bond donors (Lipinski definition) is 2. The summed E-state index contributed by atoms with van der Waals surface area (Å²) in [4.78, 5) is 11.7. The van der Waals surface area contributed by atoms with Gasteiger partial charge in [0.15, 0.2) is 0 Å². The van der Waals surface area contributed by atoms with Crippen LogP contribution in [0, 0.1) is 11.8 Å². The molecule has 15 heavy (non-hydrogen) atoms. The number of carbonyl (C=O) groups is 1. The highest BCUT2D eigenvalue weighted by Crippen LogP contribution is 2.30. The van der Waals surface area contributed by atoms with Crippen LogP contribution >= 0.6 is 12.4 Å². The van der Waals surface area contributed by atoms with E-state index in [0.717, 1.165) is 19.3 Å². The molecule has 0 bridgehead atoms. The van der Waals surface area contributed by atoms with E-state index in [-0.39, 0.29) is 24.2 Å². The average molecular weight is 237 g/mol. The molecule has 0 heterocycles. The third kappa shape index (κ3) is 4.36. The molecule has 1 rings (SSSR count). The number of methoxy groups -OCH3 is 1. The Balaban J connectivity index is 0.00000196. The summed E-state index contributed by atoms with van der Waals surface area (Å²) in [7, 11) is 1.63. The van der Waals surface area contributed by atoms with Gasteiger partial charge in [0.25, 0.3) is 0 Å². The van der Waals surface area contributed by atoms with Crippen molar-refractivity contribution in [2.75, 3.05) is 26.8 Å². The van der Waals surface area contributed by atoms with Crippen molar-refractivity contribution >= 4 is 18.3 Å². The third-order valence-electron chi connectivity index (χ3n) is 2.90. The Bertz CT molecular complexity index is 190. The van der Waals surface area contributed by atoms with Crippen LogP contribution in [0.15, 0.2) is 0 Å². The molecule has 1 amide bonds. The first-order valence-electron chi connectivity index (χ1n) is 5.26. The lowest BCUT2D eigenvalue weighted by Gasteiger charge is -2.17. The number of amides is 1. The summed E-state index contributed by atoms with van der Waals surface area (Å²) in [6, 6.07) is 0. The molecule has 5 heteroatoms. The van der Waals surface area contributed by atoms with Crippen molar-refractivity contribution in [3.05, 3.63) is 0 Å². The van der Waals surface area contributed by atoms with Crippen LogP contribution in [0.25, 0.3) is 0 Å². The zero-order chi connectivity index (χ0) is 10.4. The summed E-state index contributed by atoms with van der Waals surface area (Å²) in [5.74, 6) is 0.671. The Kier molecular flexibility index (Phi) is 7.74. The highest BCUT2D eigenvalue weighted by atomic mass is 35.5. The molecule has 2 atom stereocenters. The summed E-state index contributed by atoms with van der Waals surface area (Å²) >= 11 is 0. The molecule has 1 aliphatic carbocycles. The van der Waals surface area contributed by atoms with E-state index in [9.17, 15) is 4.79 Å². The molecule has 0 spiro atoms. The maximum Gasteiger partial charge on any atom is 0.223 e. The van der Waals surface area contributed by atoms with Crippen LogP contribution in [-0.4, -0.2) is 32.7 Å². The van der Waals surface area contributed by atoms with Crippen LogP contribution in [0.2, 0.25) is 0 Å². The van der Waals surface area contributed by atoms with Gasteiger partial charge in [-0.3, -0.25) is 4.79 Å². The lowest BCUT2D eigenvalue weighted by Crippen LogP contribution is -2.36. The number of ether oxygens (including phenoxy) is 1. The van der Waals surface area contributed by atoms with Gasteiger partial charge in [-0.25, -0.2) is 0 Å². The van der Waals surface area contributed by atoms with Gasteiger partial charge in [0.05, 0.1) is 6.61 Å². The van der Waals surface area contributed by atoms with E-state index in [0.29, 0.717) is 25.6 Å². The molecule has 3 N–H and O–H groups in total. The fourth-order valence-electron chi connectivity index (χ4n) is 2.07. The Morgan fingerprint density at radius 1 is 1.53 bits per heavy atom. The normalized spacial score (nSPS) is 24.7. The quantitative estimate of drug-likeness (QED) is 0.685. The maximum atomic E-state index is 11.7. The van der Waals surface area contributed by atoms with Crippen molar-refractivity contribution in [1.29, 1.82) is 0 Å². The molecule has 0 radical (unpaired) electrons. The Hall–Kier alpha value is -0.320. The minimum Gasteiger partial charge on any atom is -0.383 e. The van der Waals surface area contributed by atoms with Crippen molar-refractivity contribution in [2.45, 2.75) is 19.3 Å². The molecule has 1 saturated carbocycles. The molecule has 1 aliphatic rings. The molecule has 0 unspecified atom stereocenters. The monoisotopic (exact) mass is 236 g/mol. The number of carbonyl (C=O) groups excluding carboxylic acids is 1. The number of rotatable bonds is 5. The Morgan fingerprint density at radius 3 is 2.87 bits per heavy atom. The van der Waals surface area contributed by atoms with Crippen molar-refractivity contribution in [3.8, 4) is 0 Å². The highest BCUT2D eigenvalue weighted by Gasteiger charge is 2.31. The molecule has 0 aromatic carbocycles. The molecule has 90 valence electrons. The summed E-state index contributed by atoms with van der Waals surface area (Å²) in [5, 5.41) is 2.87. The van der Waals surface area contributed by atoms with Gasteiger partial charge in [-0.2, -0.15) is 0 Å². The third-order valence-corrected chi connectivity index (χ3v) is 2.90. The molecule has 1 fully saturated rings. The van der Waals surface area contributed by atoms with E-state index in [1.807, 2.05) is 0 Å². The van der Waals surface area contributed by atoms with Crippen molar-refractivity contribution in [2.24, 2.45) is 17.6 Å². The van der Waals surface area contributed by atoms with Gasteiger partial charge in [0, 0.05) is 19.6 Å². The lowest BCUT2D eigenvalue weighted by molar-refractivity contribution is -0.126. The van der Waals surface area contributed by atoms with Crippen LogP contribution in [0.5, 0.6) is 0 Å². The summed E-state index contributed by atoms with van der Waals surface area (Å²) < 4.78 is 4.87. The van der Waals surface area contributed by atoms with E-state index in [4.69, 9.17) is 10.5 Å². The van der Waals surface area contributed by atoms with Crippen LogP contribution in [0.3, 0.4) is 0 Å². The number of halogens is 1. The Morgan fingerprint density at radius 2 is 2.27 bits per heavy atom. The number of hydrogen-bond acceptors (Lipinski definition) is 3. The zero-order valence-electron chi connectivity index (χ0n) is 9.20. The predicted octanol–water partition coefficient (Wildman–Crippen LogP) is 0.546. The minimum absolute atomic E-state index is 0. The second kappa shape index (κ2) is 7.91. The lowest BCUT2D eigenvalue weighted by atomic mass is 9.95. The fraction of sp³-hybridized carbons (Fsp3) is 0.900. The maximum absolute atomic E-state index is 11.7. The molecule has 0 saturated heterocycles. The first-order valence-corrected chi connectivity index (χ1v) is 5.26. The van der Waals surface area contributed by atoms with Gasteiger partial charge < -0.3 is 15.8 Å². The zero-order valence-corrected chi connectivity index (χ0v) is 10.0. The van der Waals surface area contributed by atoms with Gasteiger partial charge in [-0.05, 0) is 25.3 Å². The summed E-state index contributed by atoms with van der Waals surface area (Å²) in [5.41, 5.74) is 5.61. The fourth-order valence-corrected chi connectivity index (χ4v) is 2.07. The summed E-state index contributed by atoms with van der Waals surface area (Å²) in [6.07, 6.45) is 3.21. The van der Waals surface area contributed by atoms with E-state index in [1.165, 1.54) is 0 Å². The van der Waals surface area contributed by atoms with E-state index < -0.39 is 0 Å². The minimum atomic E-state index is 0. The molecule has 0 aromatic heterocycles.